The van der Waals surface area contributed by atoms with Gasteiger partial charge >= 0.3 is 5.97 Å². The number of nitrogens with zero attached hydrogens (tertiary/aromatic N) is 5. The summed E-state index contributed by atoms with van der Waals surface area (Å²) in [5.74, 6) is -0.446. The number of esters is 1. The quantitative estimate of drug-likeness (QED) is 0.736. The Balaban J connectivity index is 2.23. The fourth-order valence-corrected chi connectivity index (χ4v) is 1.48. The maximum Gasteiger partial charge on any atom is 0.378 e. The number of ether oxygens (including phenoxy) is 1. The molecule has 0 aliphatic heterocycles. The Morgan fingerprint density at radius 2 is 2.33 bits per heavy atom. The minimum atomic E-state index is -0.531. The van der Waals surface area contributed by atoms with Gasteiger partial charge in [0.1, 0.15) is 0 Å². The Bertz CT molecular complexity index is 552. The summed E-state index contributed by atoms with van der Waals surface area (Å²) in [4.78, 5) is 15.8. The molecule has 0 unspecified atom stereocenters. The van der Waals surface area contributed by atoms with Crippen molar-refractivity contribution in [2.75, 3.05) is 6.61 Å². The number of tetrazole rings is 1. The van der Waals surface area contributed by atoms with Crippen molar-refractivity contribution in [1.29, 1.82) is 0 Å². The lowest BCUT2D eigenvalue weighted by molar-refractivity contribution is 0.0505. The van der Waals surface area contributed by atoms with E-state index >= 15 is 0 Å². The highest BCUT2D eigenvalue weighted by Gasteiger charge is 2.17. The molecule has 0 fully saturated rings. The third kappa shape index (κ3) is 2.50. The second-order valence-corrected chi connectivity index (χ2v) is 3.65. The summed E-state index contributed by atoms with van der Waals surface area (Å²) in [6.07, 6.45) is 1.69. The summed E-state index contributed by atoms with van der Waals surface area (Å²) in [5.41, 5.74) is 1.83. The molecule has 2 rings (SSSR count). The van der Waals surface area contributed by atoms with Gasteiger partial charge in [-0.15, -0.1) is 5.10 Å². The van der Waals surface area contributed by atoms with Crippen LogP contribution >= 0.6 is 0 Å². The standard InChI is InChI=1S/C11H13N5O2/c1-3-18-11(17)10-13-14-15-16(10)7-9-8(2)5-4-6-12-9/h4-6H,3,7H2,1-2H3. The van der Waals surface area contributed by atoms with Gasteiger partial charge < -0.3 is 4.74 Å². The molecule has 0 saturated heterocycles. The average molecular weight is 247 g/mol. The maximum absolute atomic E-state index is 11.6. The monoisotopic (exact) mass is 247 g/mol. The van der Waals surface area contributed by atoms with E-state index < -0.39 is 5.97 Å². The summed E-state index contributed by atoms with van der Waals surface area (Å²) in [7, 11) is 0. The first kappa shape index (κ1) is 12.2. The van der Waals surface area contributed by atoms with Crippen LogP contribution in [0.4, 0.5) is 0 Å². The molecular weight excluding hydrogens is 234 g/mol. The molecule has 7 heteroatoms. The van der Waals surface area contributed by atoms with E-state index in [0.717, 1.165) is 11.3 Å². The van der Waals surface area contributed by atoms with E-state index in [9.17, 15) is 4.79 Å². The normalized spacial score (nSPS) is 10.3. The Morgan fingerprint density at radius 3 is 3.06 bits per heavy atom. The molecule has 2 heterocycles. The van der Waals surface area contributed by atoms with Gasteiger partial charge in [0.15, 0.2) is 0 Å². The average Bonchev–Trinajstić information content (AvgIpc) is 2.81. The van der Waals surface area contributed by atoms with Crippen LogP contribution in [0.3, 0.4) is 0 Å². The second-order valence-electron chi connectivity index (χ2n) is 3.65. The van der Waals surface area contributed by atoms with E-state index in [-0.39, 0.29) is 12.4 Å². The van der Waals surface area contributed by atoms with Crippen molar-refractivity contribution >= 4 is 5.97 Å². The topological polar surface area (TPSA) is 82.8 Å². The number of hydrogen-bond acceptors (Lipinski definition) is 6. The lowest BCUT2D eigenvalue weighted by Gasteiger charge is -2.05. The molecule has 0 saturated carbocycles. The third-order valence-corrected chi connectivity index (χ3v) is 2.41. The molecule has 0 bridgehead atoms. The predicted molar refractivity (Wildman–Crippen MR) is 61.8 cm³/mol. The van der Waals surface area contributed by atoms with Crippen molar-refractivity contribution in [3.05, 3.63) is 35.4 Å². The van der Waals surface area contributed by atoms with Gasteiger partial charge in [-0.25, -0.2) is 9.48 Å². The molecule has 0 atom stereocenters. The molecular formula is C11H13N5O2. The molecule has 2 aromatic heterocycles. The number of hydrogen-bond donors (Lipinski definition) is 0. The van der Waals surface area contributed by atoms with Crippen molar-refractivity contribution < 1.29 is 9.53 Å². The summed E-state index contributed by atoms with van der Waals surface area (Å²) in [5, 5.41) is 10.9. The molecule has 0 radical (unpaired) electrons. The first-order valence-electron chi connectivity index (χ1n) is 5.56. The van der Waals surface area contributed by atoms with E-state index in [1.807, 2.05) is 19.1 Å². The van der Waals surface area contributed by atoms with Gasteiger partial charge in [0.25, 0.3) is 5.82 Å². The molecule has 0 aliphatic carbocycles. The first-order chi connectivity index (χ1) is 8.72. The van der Waals surface area contributed by atoms with Crippen LogP contribution in [0.5, 0.6) is 0 Å². The lowest BCUT2D eigenvalue weighted by Crippen LogP contribution is -2.16. The molecule has 0 aliphatic rings. The predicted octanol–water partition coefficient (Wildman–Crippen LogP) is 0.602. The molecule has 0 aromatic carbocycles. The van der Waals surface area contributed by atoms with Gasteiger partial charge in [0.05, 0.1) is 18.8 Å². The largest absolute Gasteiger partial charge is 0.460 e. The van der Waals surface area contributed by atoms with Crippen LogP contribution in [0.25, 0.3) is 0 Å². The van der Waals surface area contributed by atoms with E-state index in [4.69, 9.17) is 4.74 Å². The third-order valence-electron chi connectivity index (χ3n) is 2.41. The minimum absolute atomic E-state index is 0.0851. The fraction of sp³-hybridized carbons (Fsp3) is 0.364. The Morgan fingerprint density at radius 1 is 1.50 bits per heavy atom. The van der Waals surface area contributed by atoms with Crippen LogP contribution in [-0.4, -0.2) is 37.8 Å². The molecule has 0 amide bonds. The van der Waals surface area contributed by atoms with Gasteiger partial charge in [0.2, 0.25) is 0 Å². The fourth-order valence-electron chi connectivity index (χ4n) is 1.48. The van der Waals surface area contributed by atoms with Gasteiger partial charge in [0, 0.05) is 6.20 Å². The van der Waals surface area contributed by atoms with E-state index in [1.165, 1.54) is 4.68 Å². The van der Waals surface area contributed by atoms with Crippen LogP contribution in [0.2, 0.25) is 0 Å². The number of rotatable bonds is 4. The number of pyridine rings is 1. The minimum Gasteiger partial charge on any atom is -0.460 e. The lowest BCUT2D eigenvalue weighted by atomic mass is 10.2. The summed E-state index contributed by atoms with van der Waals surface area (Å²) < 4.78 is 6.25. The number of aryl methyl sites for hydroxylation is 1. The summed E-state index contributed by atoms with van der Waals surface area (Å²) in [6, 6.07) is 3.79. The van der Waals surface area contributed by atoms with Gasteiger partial charge in [-0.3, -0.25) is 4.98 Å². The smallest absolute Gasteiger partial charge is 0.378 e. The van der Waals surface area contributed by atoms with Gasteiger partial charge in [-0.2, -0.15) is 0 Å². The molecule has 0 spiro atoms. The Labute approximate surface area is 104 Å². The number of carbonyl (C=O) groups excluding carboxylic acids is 1. The van der Waals surface area contributed by atoms with Crippen LogP contribution < -0.4 is 0 Å². The number of aromatic nitrogens is 5. The van der Waals surface area contributed by atoms with E-state index in [0.29, 0.717) is 6.54 Å². The molecule has 18 heavy (non-hydrogen) atoms. The van der Waals surface area contributed by atoms with Crippen LogP contribution in [0.15, 0.2) is 18.3 Å². The zero-order chi connectivity index (χ0) is 13.0. The SMILES string of the molecule is CCOC(=O)c1nnnn1Cc1ncccc1C. The highest BCUT2D eigenvalue weighted by atomic mass is 16.5. The van der Waals surface area contributed by atoms with Gasteiger partial charge in [-0.05, 0) is 35.9 Å². The molecule has 2 aromatic rings. The Kier molecular flexibility index (Phi) is 3.61. The highest BCUT2D eigenvalue weighted by molar-refractivity contribution is 5.85. The summed E-state index contributed by atoms with van der Waals surface area (Å²) in [6.45, 7) is 4.30. The van der Waals surface area contributed by atoms with Gasteiger partial charge in [-0.1, -0.05) is 6.07 Å². The van der Waals surface area contributed by atoms with Crippen LogP contribution in [0, 0.1) is 6.92 Å². The van der Waals surface area contributed by atoms with Crippen molar-refractivity contribution in [3.63, 3.8) is 0 Å². The van der Waals surface area contributed by atoms with Crippen LogP contribution in [0.1, 0.15) is 28.8 Å². The molecule has 94 valence electrons. The van der Waals surface area contributed by atoms with E-state index in [2.05, 4.69) is 20.5 Å². The zero-order valence-corrected chi connectivity index (χ0v) is 10.2. The van der Waals surface area contributed by atoms with Crippen LogP contribution in [-0.2, 0) is 11.3 Å². The maximum atomic E-state index is 11.6. The second kappa shape index (κ2) is 5.35. The van der Waals surface area contributed by atoms with Crippen molar-refractivity contribution in [3.8, 4) is 0 Å². The van der Waals surface area contributed by atoms with Crippen molar-refractivity contribution in [2.45, 2.75) is 20.4 Å². The molecule has 0 N–H and O–H groups in total. The summed E-state index contributed by atoms with van der Waals surface area (Å²) >= 11 is 0. The Hall–Kier alpha value is -2.31. The zero-order valence-electron chi connectivity index (χ0n) is 10.2. The highest BCUT2D eigenvalue weighted by Crippen LogP contribution is 2.06. The number of carbonyl (C=O) groups is 1. The van der Waals surface area contributed by atoms with E-state index in [1.54, 1.807) is 13.1 Å². The molecule has 7 nitrogen and oxygen atoms in total. The van der Waals surface area contributed by atoms with Crippen molar-refractivity contribution in [2.24, 2.45) is 0 Å². The first-order valence-corrected chi connectivity index (χ1v) is 5.56. The van der Waals surface area contributed by atoms with Crippen molar-refractivity contribution in [1.82, 2.24) is 25.2 Å².